The first-order chi connectivity index (χ1) is 41.2. The molecule has 0 radical (unpaired) electrons. The minimum Gasteiger partial charge on any atom is -0.495 e. The Balaban J connectivity index is 0.000000364. The molecule has 4 aliphatic rings. The second kappa shape index (κ2) is 36.5. The molecule has 4 heterocycles. The van der Waals surface area contributed by atoms with Gasteiger partial charge < -0.3 is 66.0 Å². The van der Waals surface area contributed by atoms with Crippen molar-refractivity contribution in [3.63, 3.8) is 0 Å². The fourth-order valence-electron chi connectivity index (χ4n) is 8.92. The number of hydrogen-bond acceptors (Lipinski definition) is 15. The molecule has 2 aromatic rings. The van der Waals surface area contributed by atoms with Crippen LogP contribution in [0.15, 0.2) is 60.2 Å². The van der Waals surface area contributed by atoms with Crippen molar-refractivity contribution in [1.29, 1.82) is 0 Å². The third-order valence-electron chi connectivity index (χ3n) is 13.8. The van der Waals surface area contributed by atoms with E-state index in [0.29, 0.717) is 48.7 Å². The summed E-state index contributed by atoms with van der Waals surface area (Å²) in [6.07, 6.45) is 13.8. The molecule has 480 valence electrons. The van der Waals surface area contributed by atoms with E-state index < -0.39 is 83.9 Å². The number of urea groups is 1. The number of aliphatic hydroxyl groups is 1. The van der Waals surface area contributed by atoms with Crippen molar-refractivity contribution < 1.29 is 81.5 Å². The monoisotopic (exact) mass is 1260 g/mol. The number of ether oxygens (including phenoxy) is 4. The smallest absolute Gasteiger partial charge is 0.409 e. The van der Waals surface area contributed by atoms with Crippen molar-refractivity contribution in [2.45, 2.75) is 154 Å². The van der Waals surface area contributed by atoms with E-state index in [2.05, 4.69) is 47.4 Å². The lowest BCUT2D eigenvalue weighted by Gasteiger charge is -2.40. The highest BCUT2D eigenvalue weighted by atomic mass is 35.5. The molecule has 6 rings (SSSR count). The highest BCUT2D eigenvalue weighted by molar-refractivity contribution is 6.35. The van der Waals surface area contributed by atoms with Crippen LogP contribution in [-0.4, -0.2) is 170 Å². The predicted molar refractivity (Wildman–Crippen MR) is 322 cm³/mol. The maximum absolute atomic E-state index is 14.7. The number of allylic oxidation sites excluding steroid dienone is 3. The van der Waals surface area contributed by atoms with Gasteiger partial charge in [0.25, 0.3) is 17.7 Å². The number of unbranched alkanes of at least 4 members (excludes halogenated alkanes) is 3. The lowest BCUT2D eigenvalue weighted by Crippen LogP contribution is -2.62. The molecule has 4 unspecified atom stereocenters. The standard InChI is InChI=1S/C26H33ClN2O7.C20H26ClFN6O7.C10H15NO2.C3H8/c1-15-6-5-7-22(34-4)26(32)14-17(35-25(31)28-26)13-20-19(36-20)8-9-23(30)29(2)18-11-16(10-15)12-21(33-3)24(18)27;1-10(19(33)34)28(2)18(32)11-6-13(22)15(7-12(11)21)27-17(31)14(4-3-5-25-20(23)35)26-16(30)8-24-9-29;1-2-3-4-5-8-11-9(12)6-7-10(11)13;1-3-2/h5-7,11-12,17,19-20,22,32H,8-10,13-14H2,1-4H3,(H,28,31);6-7,9-10,14H,3-5,8H2,1-2H3,(H,24,29)(H,26,30)(H,27,31)(H,33,34)(H3,23,25,35);6-7H,2-5,8H2,1H3;3H2,1-2H3/b7-5+,15-6+;;;/t17?,19?,20-,22?,26-;10-,14?;;/m00../s1. The van der Waals surface area contributed by atoms with Gasteiger partial charge in [-0.05, 0) is 75.8 Å². The molecule has 25 nitrogen and oxygen atoms in total. The zero-order valence-electron chi connectivity index (χ0n) is 50.5. The van der Waals surface area contributed by atoms with Gasteiger partial charge in [-0.3, -0.25) is 43.8 Å². The molecule has 10 amide bonds. The van der Waals surface area contributed by atoms with Crippen LogP contribution in [0.4, 0.5) is 25.4 Å². The Bertz CT molecular complexity index is 2840. The van der Waals surface area contributed by atoms with E-state index in [-0.39, 0.29) is 72.7 Å². The number of carbonyl (C=O) groups is 10. The van der Waals surface area contributed by atoms with Crippen molar-refractivity contribution >= 4 is 94.5 Å². The number of rotatable bonds is 20. The molecule has 4 bridgehead atoms. The molecule has 2 fully saturated rings. The Morgan fingerprint density at radius 1 is 1.01 bits per heavy atom. The van der Waals surface area contributed by atoms with Gasteiger partial charge in [-0.25, -0.2) is 18.8 Å². The minimum atomic E-state index is -1.63. The number of anilines is 2. The number of fused-ring (bicyclic) bond motifs is 5. The number of primary amides is 1. The van der Waals surface area contributed by atoms with Crippen LogP contribution in [0.3, 0.4) is 0 Å². The summed E-state index contributed by atoms with van der Waals surface area (Å²) in [6.45, 7) is 9.87. The van der Waals surface area contributed by atoms with Gasteiger partial charge in [0, 0.05) is 65.7 Å². The number of nitrogens with two attached hydrogens (primary N) is 1. The van der Waals surface area contributed by atoms with Gasteiger partial charge in [-0.2, -0.15) is 0 Å². The van der Waals surface area contributed by atoms with Crippen LogP contribution in [0.1, 0.15) is 121 Å². The second-order valence-electron chi connectivity index (χ2n) is 20.8. The fourth-order valence-corrected chi connectivity index (χ4v) is 9.48. The number of nitrogens with one attached hydrogen (secondary N) is 5. The number of nitrogens with zero attached hydrogens (tertiary/aromatic N) is 3. The lowest BCUT2D eigenvalue weighted by molar-refractivity contribution is -0.141. The Kier molecular flexibility index (Phi) is 30.9. The van der Waals surface area contributed by atoms with Gasteiger partial charge >= 0.3 is 18.1 Å². The van der Waals surface area contributed by atoms with Crippen LogP contribution in [0.25, 0.3) is 0 Å². The molecule has 28 heteroatoms. The molecule has 4 aliphatic heterocycles. The third kappa shape index (κ3) is 23.5. The number of carbonyl (C=O) groups excluding carboxylic acids is 9. The molecule has 0 aromatic heterocycles. The Morgan fingerprint density at radius 2 is 1.69 bits per heavy atom. The molecular weight excluding hydrogens is 1180 g/mol. The van der Waals surface area contributed by atoms with Crippen molar-refractivity contribution in [3.8, 4) is 5.75 Å². The van der Waals surface area contributed by atoms with Crippen LogP contribution in [0, 0.1) is 5.82 Å². The van der Waals surface area contributed by atoms with E-state index in [4.69, 9.17) is 53.0 Å². The highest BCUT2D eigenvalue weighted by Crippen LogP contribution is 2.39. The number of imide groups is 1. The summed E-state index contributed by atoms with van der Waals surface area (Å²) in [6, 6.07) is 2.31. The molecule has 7 atom stereocenters. The largest absolute Gasteiger partial charge is 0.495 e. The van der Waals surface area contributed by atoms with Crippen LogP contribution in [0.2, 0.25) is 10.0 Å². The first-order valence-electron chi connectivity index (χ1n) is 28.4. The van der Waals surface area contributed by atoms with Crippen molar-refractivity contribution in [2.75, 3.05) is 58.2 Å². The number of carboxylic acid groups (broad SMARTS) is 1. The number of likely N-dealkylation sites (N-methyl/N-ethyl adjacent to an activating group) is 1. The topological polar surface area (TPSA) is 347 Å². The maximum atomic E-state index is 14.7. The molecular formula is C59H82Cl2FN9O16. The average Bonchev–Trinajstić information content (AvgIpc) is 2.27. The van der Waals surface area contributed by atoms with Crippen molar-refractivity contribution in [2.24, 2.45) is 5.73 Å². The van der Waals surface area contributed by atoms with E-state index >= 15 is 0 Å². The summed E-state index contributed by atoms with van der Waals surface area (Å²) in [5.41, 5.74) is 5.15. The normalized spacial score (nSPS) is 21.3. The molecule has 0 aliphatic carbocycles. The van der Waals surface area contributed by atoms with Gasteiger partial charge in [-0.15, -0.1) is 0 Å². The van der Waals surface area contributed by atoms with E-state index in [1.165, 1.54) is 57.4 Å². The average molecular weight is 1260 g/mol. The van der Waals surface area contributed by atoms with Gasteiger partial charge in [-0.1, -0.05) is 93.5 Å². The minimum absolute atomic E-state index is 0.0166. The first kappa shape index (κ1) is 73.6. The molecule has 9 N–H and O–H groups in total. The van der Waals surface area contributed by atoms with Gasteiger partial charge in [0.2, 0.25) is 24.1 Å². The number of epoxide rings is 1. The van der Waals surface area contributed by atoms with E-state index in [0.717, 1.165) is 41.0 Å². The summed E-state index contributed by atoms with van der Waals surface area (Å²) >= 11 is 12.6. The van der Waals surface area contributed by atoms with Gasteiger partial charge in [0.05, 0.1) is 47.8 Å². The number of benzene rings is 2. The lowest BCUT2D eigenvalue weighted by atomic mass is 9.93. The zero-order valence-corrected chi connectivity index (χ0v) is 52.0. The van der Waals surface area contributed by atoms with Crippen LogP contribution in [0.5, 0.6) is 5.75 Å². The summed E-state index contributed by atoms with van der Waals surface area (Å²) < 4.78 is 36.8. The summed E-state index contributed by atoms with van der Waals surface area (Å²) in [5, 5.41) is 32.0. The SMILES string of the molecule is CCC.CCCCCCN1C(=O)C=CC1=O.COc1cc2cc(c1Cl)N(C)C(=O)CCC1O[C@H]1CC1C[C@@](O)(NC(=O)O1)C(OC)/C=C/C=C(\C)C2.C[C@@H](C(=O)O)N(C)C(=O)c1cc(F)c(NC(=O)C(CCCNC(N)=O)NC(=O)CNC=O)cc1Cl. The van der Waals surface area contributed by atoms with E-state index in [1.54, 1.807) is 31.2 Å². The molecule has 0 spiro atoms. The number of halogens is 3. The number of methoxy groups -OCH3 is 2. The van der Waals surface area contributed by atoms with Gasteiger partial charge in [0.15, 0.2) is 5.72 Å². The van der Waals surface area contributed by atoms with Crippen LogP contribution in [-0.2, 0) is 54.2 Å². The Hall–Kier alpha value is -7.65. The number of carboxylic acids is 1. The van der Waals surface area contributed by atoms with E-state index in [9.17, 15) is 57.4 Å². The molecule has 87 heavy (non-hydrogen) atoms. The predicted octanol–water partition coefficient (Wildman–Crippen LogP) is 6.06. The first-order valence-corrected chi connectivity index (χ1v) is 29.1. The van der Waals surface area contributed by atoms with Gasteiger partial charge in [0.1, 0.15) is 40.9 Å². The van der Waals surface area contributed by atoms with E-state index in [1.807, 2.05) is 25.1 Å². The zero-order chi connectivity index (χ0) is 65.1. The van der Waals surface area contributed by atoms with Crippen LogP contribution >= 0.6 is 23.2 Å². The summed E-state index contributed by atoms with van der Waals surface area (Å²) in [5.74, 6) is -4.63. The quantitative estimate of drug-likeness (QED) is 0.0323. The number of hydrogen-bond donors (Lipinski definition) is 8. The number of amides is 10. The van der Waals surface area contributed by atoms with Crippen molar-refractivity contribution in [3.05, 3.63) is 87.2 Å². The maximum Gasteiger partial charge on any atom is 0.409 e. The second-order valence-corrected chi connectivity index (χ2v) is 21.6. The highest BCUT2D eigenvalue weighted by Gasteiger charge is 2.49. The number of aliphatic carboxylic acids is 1. The Morgan fingerprint density at radius 3 is 2.30 bits per heavy atom. The van der Waals surface area contributed by atoms with Crippen molar-refractivity contribution in [1.82, 2.24) is 31.1 Å². The summed E-state index contributed by atoms with van der Waals surface area (Å²) in [7, 11) is 5.93. The molecule has 2 saturated heterocycles. The third-order valence-corrected chi connectivity index (χ3v) is 14.5. The fraction of sp³-hybridized carbons (Fsp3) is 0.525. The van der Waals surface area contributed by atoms with Crippen LogP contribution < -0.4 is 42.0 Å². The Labute approximate surface area is 515 Å². The molecule has 0 saturated carbocycles. The number of alkyl carbamates (subject to hydrolysis) is 1. The molecule has 2 aromatic carbocycles. The summed E-state index contributed by atoms with van der Waals surface area (Å²) in [4.78, 5) is 121.